The van der Waals surface area contributed by atoms with Crippen molar-refractivity contribution in [3.05, 3.63) is 107 Å². The van der Waals surface area contributed by atoms with Crippen molar-refractivity contribution in [1.82, 2.24) is 0 Å². The van der Waals surface area contributed by atoms with Crippen molar-refractivity contribution < 1.29 is 0 Å². The molecule has 3 aromatic rings. The van der Waals surface area contributed by atoms with Gasteiger partial charge < -0.3 is 0 Å². The number of hydrogen-bond donors (Lipinski definition) is 0. The highest BCUT2D eigenvalue weighted by Gasteiger charge is 2.39. The van der Waals surface area contributed by atoms with Gasteiger partial charge in [-0.2, -0.15) is 0 Å². The van der Waals surface area contributed by atoms with Crippen LogP contribution in [-0.4, -0.2) is 16.1 Å². The first-order valence-corrected chi connectivity index (χ1v) is 15.8. The smallest absolute Gasteiger partial charge is 0.0879 e. The number of allylic oxidation sites excluding steroid dienone is 1. The van der Waals surface area contributed by atoms with Crippen molar-refractivity contribution >= 4 is 26.5 Å². The molecule has 0 fully saturated rings. The van der Waals surface area contributed by atoms with Gasteiger partial charge in [0.15, 0.2) is 0 Å². The first kappa shape index (κ1) is 19.6. The maximum atomic E-state index is 2.58. The van der Waals surface area contributed by atoms with Crippen molar-refractivity contribution in [2.75, 3.05) is 0 Å². The lowest BCUT2D eigenvalue weighted by atomic mass is 10.2. The van der Waals surface area contributed by atoms with Crippen LogP contribution in [0.2, 0.25) is 26.2 Å². The Kier molecular flexibility index (Phi) is 5.98. The number of rotatable bonds is 6. The van der Waals surface area contributed by atoms with Gasteiger partial charge in [-0.3, -0.25) is 0 Å². The van der Waals surface area contributed by atoms with Crippen LogP contribution in [0.15, 0.2) is 102 Å². The molecule has 0 spiro atoms. The predicted octanol–water partition coefficient (Wildman–Crippen LogP) is 5.47. The molecule has 0 nitrogen and oxygen atoms in total. The Morgan fingerprint density at radius 3 is 1.37 bits per heavy atom. The normalized spacial score (nSPS) is 11.9. The van der Waals surface area contributed by atoms with E-state index in [0.717, 1.165) is 6.42 Å². The van der Waals surface area contributed by atoms with E-state index in [9.17, 15) is 0 Å². The summed E-state index contributed by atoms with van der Waals surface area (Å²) in [6.45, 7) is 10.1. The minimum Gasteiger partial charge on any atom is -0.0879 e. The molecule has 0 N–H and O–H groups in total. The average Bonchev–Trinajstić information content (AvgIpc) is 2.70. The Labute approximate surface area is 166 Å². The highest BCUT2D eigenvalue weighted by atomic mass is 28.4. The summed E-state index contributed by atoms with van der Waals surface area (Å²) < 4.78 is 0. The van der Waals surface area contributed by atoms with Crippen LogP contribution in [0.4, 0.5) is 0 Å². The van der Waals surface area contributed by atoms with E-state index in [1.165, 1.54) is 15.9 Å². The van der Waals surface area contributed by atoms with E-state index in [0.29, 0.717) is 0 Å². The Morgan fingerprint density at radius 1 is 0.593 bits per heavy atom. The zero-order valence-electron chi connectivity index (χ0n) is 16.9. The van der Waals surface area contributed by atoms with E-state index >= 15 is 0 Å². The molecular formula is C25H30Si2. The van der Waals surface area contributed by atoms with Crippen molar-refractivity contribution in [3.63, 3.8) is 0 Å². The molecule has 0 amide bonds. The van der Waals surface area contributed by atoms with Gasteiger partial charge in [0.2, 0.25) is 0 Å². The summed E-state index contributed by atoms with van der Waals surface area (Å²) in [5, 5.41) is 3.06. The lowest BCUT2D eigenvalue weighted by Crippen LogP contribution is -2.57. The van der Waals surface area contributed by atoms with Gasteiger partial charge in [-0.05, 0) is 12.0 Å². The van der Waals surface area contributed by atoms with Gasteiger partial charge in [0, 0.05) is 0 Å². The van der Waals surface area contributed by atoms with Crippen molar-refractivity contribution in [3.8, 4) is 0 Å². The van der Waals surface area contributed by atoms with Gasteiger partial charge in [-0.1, -0.05) is 138 Å². The van der Waals surface area contributed by atoms with Gasteiger partial charge in [0.25, 0.3) is 0 Å². The summed E-state index contributed by atoms with van der Waals surface area (Å²) in [6.07, 6.45) is 3.59. The summed E-state index contributed by atoms with van der Waals surface area (Å²) in [5.41, 5.74) is 1.39. The topological polar surface area (TPSA) is 0 Å². The van der Waals surface area contributed by atoms with E-state index in [4.69, 9.17) is 0 Å². The second-order valence-corrected chi connectivity index (χ2v) is 17.5. The Hall–Kier alpha value is -2.17. The van der Waals surface area contributed by atoms with E-state index in [1.54, 1.807) is 4.82 Å². The van der Waals surface area contributed by atoms with Crippen molar-refractivity contribution in [2.24, 2.45) is 0 Å². The third kappa shape index (κ3) is 4.40. The fraction of sp³-hybridized carbons (Fsp3) is 0.200. The molecule has 3 rings (SSSR count). The zero-order chi connectivity index (χ0) is 19.3. The molecule has 0 saturated carbocycles. The van der Waals surface area contributed by atoms with Crippen LogP contribution in [0.1, 0.15) is 5.56 Å². The van der Waals surface area contributed by atoms with Crippen LogP contribution < -0.4 is 10.4 Å². The average molecular weight is 387 g/mol. The monoisotopic (exact) mass is 386 g/mol. The van der Waals surface area contributed by atoms with Crippen LogP contribution in [0, 0.1) is 0 Å². The van der Waals surface area contributed by atoms with Gasteiger partial charge in [-0.25, -0.2) is 0 Å². The molecule has 0 unspecified atom stereocenters. The molecule has 27 heavy (non-hydrogen) atoms. The minimum atomic E-state index is -1.76. The minimum absolute atomic E-state index is 1.02. The molecular weight excluding hydrogens is 356 g/mol. The molecule has 138 valence electrons. The molecule has 0 aliphatic rings. The first-order valence-electron chi connectivity index (χ1n) is 9.78. The Bertz CT molecular complexity index is 826. The third-order valence-corrected chi connectivity index (χ3v) is 16.1. The van der Waals surface area contributed by atoms with E-state index < -0.39 is 16.1 Å². The highest BCUT2D eigenvalue weighted by Crippen LogP contribution is 2.26. The summed E-state index contributed by atoms with van der Waals surface area (Å²) >= 11 is 0. The first-order chi connectivity index (χ1) is 12.9. The molecule has 0 atom stereocenters. The molecule has 0 aromatic heterocycles. The standard InChI is InChI=1S/C25H30Si2/c1-26(2,23-16-10-6-11-17-23)25(21-20-22-14-8-5-9-15-22)27(3,4)24-18-12-7-13-19-24/h5-19,21H,20H2,1-4H3. The van der Waals surface area contributed by atoms with Crippen LogP contribution in [-0.2, 0) is 6.42 Å². The second-order valence-electron chi connectivity index (χ2n) is 8.29. The third-order valence-electron chi connectivity index (χ3n) is 5.72. The molecule has 0 saturated heterocycles. The molecule has 0 radical (unpaired) electrons. The number of benzene rings is 3. The zero-order valence-corrected chi connectivity index (χ0v) is 18.9. The lowest BCUT2D eigenvalue weighted by Gasteiger charge is -2.37. The van der Waals surface area contributed by atoms with Gasteiger partial charge >= 0.3 is 0 Å². The SMILES string of the molecule is C[Si](C)(C(=CCc1ccccc1)[Si](C)(C)c1ccccc1)c1ccccc1. The lowest BCUT2D eigenvalue weighted by molar-refractivity contribution is 1.26. The maximum absolute atomic E-state index is 2.58. The van der Waals surface area contributed by atoms with E-state index in [-0.39, 0.29) is 0 Å². The fourth-order valence-electron chi connectivity index (χ4n) is 4.15. The molecule has 0 heterocycles. The highest BCUT2D eigenvalue weighted by molar-refractivity contribution is 7.15. The predicted molar refractivity (Wildman–Crippen MR) is 125 cm³/mol. The number of hydrogen-bond acceptors (Lipinski definition) is 0. The molecule has 3 aromatic carbocycles. The quantitative estimate of drug-likeness (QED) is 0.493. The van der Waals surface area contributed by atoms with Gasteiger partial charge in [-0.15, -0.1) is 0 Å². The molecule has 0 aliphatic carbocycles. The summed E-state index contributed by atoms with van der Waals surface area (Å²) in [4.78, 5) is 1.73. The van der Waals surface area contributed by atoms with E-state index in [1.807, 2.05) is 0 Å². The second kappa shape index (κ2) is 8.24. The summed E-state index contributed by atoms with van der Waals surface area (Å²) in [6, 6.07) is 33.2. The van der Waals surface area contributed by atoms with Crippen LogP contribution in [0.25, 0.3) is 0 Å². The van der Waals surface area contributed by atoms with Crippen molar-refractivity contribution in [2.45, 2.75) is 32.6 Å². The Balaban J connectivity index is 2.09. The molecule has 0 bridgehead atoms. The summed E-state index contributed by atoms with van der Waals surface area (Å²) in [5.74, 6) is 0. The van der Waals surface area contributed by atoms with Gasteiger partial charge in [0.05, 0.1) is 0 Å². The van der Waals surface area contributed by atoms with Crippen LogP contribution in [0.3, 0.4) is 0 Å². The fourth-order valence-corrected chi connectivity index (χ4v) is 15.2. The molecule has 0 aliphatic heterocycles. The van der Waals surface area contributed by atoms with Gasteiger partial charge in [0.1, 0.15) is 16.1 Å². The largest absolute Gasteiger partial charge is 0.103 e. The van der Waals surface area contributed by atoms with Crippen molar-refractivity contribution in [1.29, 1.82) is 0 Å². The summed E-state index contributed by atoms with van der Waals surface area (Å²) in [7, 11) is -3.52. The molecule has 2 heteroatoms. The van der Waals surface area contributed by atoms with Crippen LogP contribution in [0.5, 0.6) is 0 Å². The Morgan fingerprint density at radius 2 is 0.963 bits per heavy atom. The van der Waals surface area contributed by atoms with Crippen LogP contribution >= 0.6 is 0 Å². The van der Waals surface area contributed by atoms with E-state index in [2.05, 4.69) is 123 Å². The maximum Gasteiger partial charge on any atom is 0.103 e.